The van der Waals surface area contributed by atoms with Gasteiger partial charge in [0.15, 0.2) is 5.75 Å². The van der Waals surface area contributed by atoms with Crippen molar-refractivity contribution in [2.75, 3.05) is 16.8 Å². The van der Waals surface area contributed by atoms with Gasteiger partial charge in [-0.15, -0.1) is 11.3 Å². The standard InChI is InChI=1S/C38H30N2O3S.2C3H8.C2H6/c1-38(2)30-19-16-25(22-31(30)39(3)34(38)23-29-35(41)37(43)36(29)42)33-21-20-32(44-33)24-14-17-28(18-15-24)40(26-10-6-4-7-11-26)27-12-8-5-9-13-27;2*1-3-2;1-2/h4-23,41H,1-3H3;2*3H2,1-2H3;1-2H3/b34-23+;;;. The number of hydrogen-bond donors (Lipinski definition) is 1. The molecule has 0 unspecified atom stereocenters. The molecule has 0 saturated carbocycles. The normalized spacial score (nSPS) is 13.2. The van der Waals surface area contributed by atoms with Crippen LogP contribution in [0.5, 0.6) is 5.75 Å². The molecule has 0 atom stereocenters. The van der Waals surface area contributed by atoms with E-state index in [0.29, 0.717) is 0 Å². The van der Waals surface area contributed by atoms with Crippen molar-refractivity contribution in [3.05, 3.63) is 153 Å². The molecule has 270 valence electrons. The number of likely N-dealkylation sites (N-methyl/N-ethyl adjacent to an activating group) is 1. The second-order valence-electron chi connectivity index (χ2n) is 13.0. The minimum absolute atomic E-state index is 0.0857. The van der Waals surface area contributed by atoms with Crippen LogP contribution >= 0.6 is 11.3 Å². The van der Waals surface area contributed by atoms with Gasteiger partial charge in [0, 0.05) is 50.7 Å². The van der Waals surface area contributed by atoms with Gasteiger partial charge in [-0.1, -0.05) is 129 Å². The predicted molar refractivity (Wildman–Crippen MR) is 226 cm³/mol. The topological polar surface area (TPSA) is 60.9 Å². The highest BCUT2D eigenvalue weighted by molar-refractivity contribution is 7.18. The fourth-order valence-corrected chi connectivity index (χ4v) is 7.16. The Kier molecular flexibility index (Phi) is 13.6. The highest BCUT2D eigenvalue weighted by Gasteiger charge is 2.39. The van der Waals surface area contributed by atoms with Gasteiger partial charge < -0.3 is 14.9 Å². The van der Waals surface area contributed by atoms with E-state index in [4.69, 9.17) is 0 Å². The lowest BCUT2D eigenvalue weighted by molar-refractivity contribution is 0.461. The average molecular weight is 713 g/mol. The average Bonchev–Trinajstić information content (AvgIpc) is 3.74. The first-order valence-electron chi connectivity index (χ1n) is 18.3. The van der Waals surface area contributed by atoms with Crippen molar-refractivity contribution in [1.82, 2.24) is 0 Å². The van der Waals surface area contributed by atoms with E-state index in [1.165, 1.54) is 17.7 Å². The summed E-state index contributed by atoms with van der Waals surface area (Å²) in [5.41, 5.74) is 6.83. The van der Waals surface area contributed by atoms with Crippen LogP contribution in [0, 0.1) is 0 Å². The molecule has 52 heavy (non-hydrogen) atoms. The monoisotopic (exact) mass is 712 g/mol. The van der Waals surface area contributed by atoms with Crippen molar-refractivity contribution in [2.45, 2.75) is 73.6 Å². The number of aromatic hydroxyl groups is 1. The van der Waals surface area contributed by atoms with Crippen molar-refractivity contribution in [2.24, 2.45) is 0 Å². The lowest BCUT2D eigenvalue weighted by Gasteiger charge is -2.25. The summed E-state index contributed by atoms with van der Waals surface area (Å²) in [5.74, 6) is -0.449. The molecule has 2 heterocycles. The van der Waals surface area contributed by atoms with E-state index in [1.54, 1.807) is 17.4 Å². The van der Waals surface area contributed by atoms with Crippen molar-refractivity contribution in [3.8, 4) is 26.6 Å². The quantitative estimate of drug-likeness (QED) is 0.174. The second-order valence-corrected chi connectivity index (χ2v) is 14.1. The molecule has 1 aromatic heterocycles. The number of anilines is 4. The third-order valence-corrected chi connectivity index (χ3v) is 9.75. The zero-order valence-electron chi connectivity index (χ0n) is 32.0. The summed E-state index contributed by atoms with van der Waals surface area (Å²) in [5, 5.41) is 9.96. The second kappa shape index (κ2) is 17.8. The van der Waals surface area contributed by atoms with Gasteiger partial charge in [0.25, 0.3) is 5.43 Å². The number of hydrogen-bond acceptors (Lipinski definition) is 6. The number of fused-ring (bicyclic) bond motifs is 1. The van der Waals surface area contributed by atoms with E-state index >= 15 is 0 Å². The highest BCUT2D eigenvalue weighted by Crippen LogP contribution is 2.49. The molecule has 1 aliphatic rings. The van der Waals surface area contributed by atoms with Crippen LogP contribution in [0.15, 0.2) is 131 Å². The zero-order chi connectivity index (χ0) is 38.0. The summed E-state index contributed by atoms with van der Waals surface area (Å²) < 4.78 is 0. The number of rotatable bonds is 6. The van der Waals surface area contributed by atoms with Gasteiger partial charge in [0.1, 0.15) is 0 Å². The molecule has 0 aliphatic carbocycles. The van der Waals surface area contributed by atoms with E-state index in [2.05, 4.69) is 150 Å². The Labute approximate surface area is 313 Å². The van der Waals surface area contributed by atoms with Crippen molar-refractivity contribution >= 4 is 40.2 Å². The number of para-hydroxylation sites is 2. The third-order valence-electron chi connectivity index (χ3n) is 8.57. The molecule has 0 saturated heterocycles. The van der Waals surface area contributed by atoms with Crippen LogP contribution in [0.3, 0.4) is 0 Å². The Hall–Kier alpha value is -5.20. The van der Waals surface area contributed by atoms with E-state index in [-0.39, 0.29) is 5.56 Å². The molecule has 1 aliphatic heterocycles. The lowest BCUT2D eigenvalue weighted by atomic mass is 9.82. The van der Waals surface area contributed by atoms with Crippen LogP contribution in [0.4, 0.5) is 22.7 Å². The Morgan fingerprint density at radius 2 is 1.13 bits per heavy atom. The van der Waals surface area contributed by atoms with Gasteiger partial charge in [-0.2, -0.15) is 0 Å². The highest BCUT2D eigenvalue weighted by atomic mass is 32.1. The Balaban J connectivity index is 0.000000699. The fraction of sp³-hybridized carbons (Fsp3) is 0.261. The zero-order valence-corrected chi connectivity index (χ0v) is 32.8. The molecule has 6 heteroatoms. The molecule has 5 nitrogen and oxygen atoms in total. The lowest BCUT2D eigenvalue weighted by Crippen LogP contribution is -2.33. The van der Waals surface area contributed by atoms with E-state index in [9.17, 15) is 14.7 Å². The first kappa shape index (κ1) is 39.6. The number of thiophene rings is 1. The summed E-state index contributed by atoms with van der Waals surface area (Å²) in [4.78, 5) is 30.3. The molecule has 0 amide bonds. The van der Waals surface area contributed by atoms with Crippen LogP contribution in [0.1, 0.15) is 79.4 Å². The summed E-state index contributed by atoms with van der Waals surface area (Å²) >= 11 is 1.75. The van der Waals surface area contributed by atoms with Gasteiger partial charge in [-0.05, 0) is 77.4 Å². The number of nitrogens with zero attached hydrogens (tertiary/aromatic N) is 2. The van der Waals surface area contributed by atoms with Crippen LogP contribution in [0.25, 0.3) is 27.0 Å². The first-order valence-corrected chi connectivity index (χ1v) is 19.1. The minimum Gasteiger partial charge on any atom is -0.504 e. The molecule has 5 aromatic carbocycles. The SMILES string of the molecule is CC.CCC.CCC.CN1/C(=C/c2c(O)c(=O)c2=O)C(C)(C)c2ccc(-c3ccc(-c4ccc(N(c5ccccc5)c5ccccc5)cc4)s3)cc21. The molecule has 0 fully saturated rings. The Morgan fingerprint density at radius 3 is 1.63 bits per heavy atom. The van der Waals surface area contributed by atoms with Crippen LogP contribution < -0.4 is 20.7 Å². The number of benzene rings is 4. The third kappa shape index (κ3) is 8.13. The largest absolute Gasteiger partial charge is 0.504 e. The smallest absolute Gasteiger partial charge is 0.268 e. The van der Waals surface area contributed by atoms with E-state index in [0.717, 1.165) is 50.0 Å². The van der Waals surface area contributed by atoms with Crippen molar-refractivity contribution < 1.29 is 5.11 Å². The van der Waals surface area contributed by atoms with Crippen molar-refractivity contribution in [3.63, 3.8) is 0 Å². The maximum absolute atomic E-state index is 12.1. The van der Waals surface area contributed by atoms with Crippen LogP contribution in [-0.2, 0) is 5.41 Å². The molecular weight excluding hydrogens is 661 g/mol. The Morgan fingerprint density at radius 1 is 0.673 bits per heavy atom. The summed E-state index contributed by atoms with van der Waals surface area (Å²) in [6.07, 6.45) is 4.16. The summed E-state index contributed by atoms with van der Waals surface area (Å²) in [6.45, 7) is 16.7. The van der Waals surface area contributed by atoms with Gasteiger partial charge >= 0.3 is 0 Å². The number of allylic oxidation sites excluding steroid dienone is 1. The minimum atomic E-state index is -0.817. The fourth-order valence-electron chi connectivity index (χ4n) is 6.15. The molecule has 0 bridgehead atoms. The molecule has 0 radical (unpaired) electrons. The summed E-state index contributed by atoms with van der Waals surface area (Å²) in [7, 11) is 1.96. The first-order chi connectivity index (χ1) is 25.1. The maximum Gasteiger partial charge on any atom is 0.268 e. The molecule has 7 rings (SSSR count). The molecule has 6 aromatic rings. The van der Waals surface area contributed by atoms with Crippen LogP contribution in [-0.4, -0.2) is 12.2 Å². The Bertz CT molecular complexity index is 2100. The van der Waals surface area contributed by atoms with E-state index in [1.807, 2.05) is 37.9 Å². The van der Waals surface area contributed by atoms with Gasteiger partial charge in [0.2, 0.25) is 5.43 Å². The van der Waals surface area contributed by atoms with Gasteiger partial charge in [-0.3, -0.25) is 9.59 Å². The van der Waals surface area contributed by atoms with Gasteiger partial charge in [-0.25, -0.2) is 0 Å². The van der Waals surface area contributed by atoms with E-state index < -0.39 is 22.0 Å². The van der Waals surface area contributed by atoms with Crippen LogP contribution in [0.2, 0.25) is 0 Å². The molecule has 0 spiro atoms. The predicted octanol–water partition coefficient (Wildman–Crippen LogP) is 12.5. The van der Waals surface area contributed by atoms with Gasteiger partial charge in [0.05, 0.1) is 5.56 Å². The summed E-state index contributed by atoms with van der Waals surface area (Å²) in [6, 6.07) is 40.3. The molecular formula is C46H52N2O3S. The molecule has 1 N–H and O–H groups in total. The maximum atomic E-state index is 12.1. The van der Waals surface area contributed by atoms with Crippen molar-refractivity contribution in [1.29, 1.82) is 0 Å².